The monoisotopic (exact) mass is 458 g/mol. The number of pyridine rings is 1. The molecule has 0 bridgehead atoms. The van der Waals surface area contributed by atoms with Crippen LogP contribution in [0.3, 0.4) is 0 Å². The lowest BCUT2D eigenvalue weighted by molar-refractivity contribution is 0.0993. The van der Waals surface area contributed by atoms with Crippen LogP contribution in [0.2, 0.25) is 0 Å². The van der Waals surface area contributed by atoms with E-state index in [4.69, 9.17) is 0 Å². The molecule has 0 aliphatic carbocycles. The number of carbonyl (C=O) groups is 1. The molecule has 0 fully saturated rings. The SMILES string of the molecule is O=C(Cc1ccc(CCCn2cc(-c3cccnc3)nn2)cc1)c1ccccc1-c1ccccc1. The lowest BCUT2D eigenvalue weighted by Gasteiger charge is -2.09. The van der Waals surface area contributed by atoms with Gasteiger partial charge in [0.2, 0.25) is 0 Å². The van der Waals surface area contributed by atoms with Crippen molar-refractivity contribution >= 4 is 5.78 Å². The van der Waals surface area contributed by atoms with Crippen LogP contribution in [-0.4, -0.2) is 25.8 Å². The molecule has 0 radical (unpaired) electrons. The number of aryl methyl sites for hydroxylation is 2. The summed E-state index contributed by atoms with van der Waals surface area (Å²) in [7, 11) is 0. The molecule has 3 aromatic carbocycles. The third kappa shape index (κ3) is 5.58. The second-order valence-corrected chi connectivity index (χ2v) is 8.54. The van der Waals surface area contributed by atoms with Crippen LogP contribution < -0.4 is 0 Å². The quantitative estimate of drug-likeness (QED) is 0.252. The third-order valence-corrected chi connectivity index (χ3v) is 6.05. The van der Waals surface area contributed by atoms with Gasteiger partial charge in [-0.3, -0.25) is 14.5 Å². The van der Waals surface area contributed by atoms with Gasteiger partial charge in [-0.2, -0.15) is 0 Å². The maximum absolute atomic E-state index is 13.1. The molecule has 172 valence electrons. The molecule has 0 aliphatic heterocycles. The second-order valence-electron chi connectivity index (χ2n) is 8.54. The minimum Gasteiger partial charge on any atom is -0.294 e. The van der Waals surface area contributed by atoms with Crippen molar-refractivity contribution < 1.29 is 4.79 Å². The molecule has 0 aliphatic rings. The number of nitrogens with zero attached hydrogens (tertiary/aromatic N) is 4. The molecule has 0 unspecified atom stereocenters. The highest BCUT2D eigenvalue weighted by Crippen LogP contribution is 2.25. The van der Waals surface area contributed by atoms with Crippen LogP contribution >= 0.6 is 0 Å². The Balaban J connectivity index is 1.17. The summed E-state index contributed by atoms with van der Waals surface area (Å²) in [4.78, 5) is 17.2. The van der Waals surface area contributed by atoms with Crippen molar-refractivity contribution in [3.8, 4) is 22.4 Å². The molecule has 0 saturated heterocycles. The zero-order valence-electron chi connectivity index (χ0n) is 19.4. The Bertz CT molecular complexity index is 1390. The molecule has 5 aromatic rings. The van der Waals surface area contributed by atoms with Gasteiger partial charge in [0, 0.05) is 36.5 Å². The first-order valence-corrected chi connectivity index (χ1v) is 11.8. The van der Waals surface area contributed by atoms with E-state index in [9.17, 15) is 4.79 Å². The Morgan fingerprint density at radius 1 is 0.771 bits per heavy atom. The summed E-state index contributed by atoms with van der Waals surface area (Å²) in [5.74, 6) is 0.132. The predicted octanol–water partition coefficient (Wildman–Crippen LogP) is 6.07. The van der Waals surface area contributed by atoms with Gasteiger partial charge in [0.25, 0.3) is 0 Å². The van der Waals surface area contributed by atoms with Crippen LogP contribution in [0.25, 0.3) is 22.4 Å². The fraction of sp³-hybridized carbons (Fsp3) is 0.133. The van der Waals surface area contributed by atoms with Gasteiger partial charge in [0.05, 0.1) is 6.20 Å². The normalized spacial score (nSPS) is 10.9. The van der Waals surface area contributed by atoms with Crippen LogP contribution in [-0.2, 0) is 19.4 Å². The maximum Gasteiger partial charge on any atom is 0.167 e. The fourth-order valence-corrected chi connectivity index (χ4v) is 4.20. The standard InChI is InChI=1S/C30H26N4O/c35-30(28-13-5-4-12-27(28)25-9-2-1-3-10-25)20-24-16-14-23(15-17-24)8-7-19-34-22-29(32-33-34)26-11-6-18-31-21-26/h1-6,9-18,21-22H,7-8,19-20H2. The average Bonchev–Trinajstić information content (AvgIpc) is 3.40. The zero-order valence-corrected chi connectivity index (χ0v) is 19.4. The van der Waals surface area contributed by atoms with Crippen molar-refractivity contribution in [3.63, 3.8) is 0 Å². The van der Waals surface area contributed by atoms with Crippen molar-refractivity contribution in [1.29, 1.82) is 0 Å². The Morgan fingerprint density at radius 3 is 2.31 bits per heavy atom. The molecule has 35 heavy (non-hydrogen) atoms. The highest BCUT2D eigenvalue weighted by atomic mass is 16.1. The average molecular weight is 459 g/mol. The number of ketones is 1. The van der Waals surface area contributed by atoms with E-state index in [2.05, 4.69) is 39.6 Å². The molecule has 5 heteroatoms. The summed E-state index contributed by atoms with van der Waals surface area (Å²) in [6.45, 7) is 0.795. The molecule has 0 amide bonds. The van der Waals surface area contributed by atoms with E-state index in [-0.39, 0.29) is 5.78 Å². The number of benzene rings is 3. The molecule has 0 saturated carbocycles. The van der Waals surface area contributed by atoms with E-state index in [1.807, 2.05) is 77.6 Å². The molecule has 5 rings (SSSR count). The van der Waals surface area contributed by atoms with Gasteiger partial charge < -0.3 is 0 Å². The van der Waals surface area contributed by atoms with Gasteiger partial charge in [-0.15, -0.1) is 5.10 Å². The molecular formula is C30H26N4O. The number of rotatable bonds is 9. The highest BCUT2D eigenvalue weighted by Gasteiger charge is 2.13. The third-order valence-electron chi connectivity index (χ3n) is 6.05. The van der Waals surface area contributed by atoms with Crippen LogP contribution in [0.4, 0.5) is 0 Å². The van der Waals surface area contributed by atoms with Crippen LogP contribution in [0, 0.1) is 0 Å². The largest absolute Gasteiger partial charge is 0.294 e. The smallest absolute Gasteiger partial charge is 0.167 e. The van der Waals surface area contributed by atoms with Crippen molar-refractivity contribution in [1.82, 2.24) is 20.0 Å². The van der Waals surface area contributed by atoms with E-state index in [1.165, 1.54) is 5.56 Å². The zero-order chi connectivity index (χ0) is 23.9. The summed E-state index contributed by atoms with van der Waals surface area (Å²) in [6, 6.07) is 30.1. The maximum atomic E-state index is 13.1. The molecule has 2 heterocycles. The summed E-state index contributed by atoms with van der Waals surface area (Å²) < 4.78 is 1.87. The summed E-state index contributed by atoms with van der Waals surface area (Å²) >= 11 is 0. The minimum atomic E-state index is 0.132. The van der Waals surface area contributed by atoms with Gasteiger partial charge in [-0.1, -0.05) is 84.1 Å². The minimum absolute atomic E-state index is 0.132. The summed E-state index contributed by atoms with van der Waals surface area (Å²) in [6.07, 6.45) is 7.78. The molecule has 2 aromatic heterocycles. The molecular weight excluding hydrogens is 432 g/mol. The van der Waals surface area contributed by atoms with Crippen molar-refractivity contribution in [2.75, 3.05) is 0 Å². The number of carbonyl (C=O) groups excluding carboxylic acids is 1. The summed E-state index contributed by atoms with van der Waals surface area (Å²) in [5, 5.41) is 8.47. The first-order valence-electron chi connectivity index (χ1n) is 11.8. The van der Waals surface area contributed by atoms with E-state index in [1.54, 1.807) is 12.4 Å². The number of hydrogen-bond acceptors (Lipinski definition) is 4. The molecule has 0 spiro atoms. The van der Waals surface area contributed by atoms with E-state index in [0.717, 1.165) is 52.9 Å². The van der Waals surface area contributed by atoms with Gasteiger partial charge >= 0.3 is 0 Å². The van der Waals surface area contributed by atoms with Crippen LogP contribution in [0.5, 0.6) is 0 Å². The lowest BCUT2D eigenvalue weighted by atomic mass is 9.94. The van der Waals surface area contributed by atoms with Crippen LogP contribution in [0.1, 0.15) is 27.9 Å². The predicted molar refractivity (Wildman–Crippen MR) is 138 cm³/mol. The molecule has 0 N–H and O–H groups in total. The van der Waals surface area contributed by atoms with E-state index in [0.29, 0.717) is 6.42 Å². The number of hydrogen-bond donors (Lipinski definition) is 0. The first-order chi connectivity index (χ1) is 17.3. The van der Waals surface area contributed by atoms with Gasteiger partial charge in [0.15, 0.2) is 5.78 Å². The van der Waals surface area contributed by atoms with Gasteiger partial charge in [-0.25, -0.2) is 0 Å². The van der Waals surface area contributed by atoms with Gasteiger partial charge in [-0.05, 0) is 47.2 Å². The fourth-order valence-electron chi connectivity index (χ4n) is 4.20. The highest BCUT2D eigenvalue weighted by molar-refractivity contribution is 6.03. The Morgan fingerprint density at radius 2 is 1.51 bits per heavy atom. The second kappa shape index (κ2) is 10.7. The Labute approximate surface area is 205 Å². The topological polar surface area (TPSA) is 60.7 Å². The summed E-state index contributed by atoms with van der Waals surface area (Å²) in [5.41, 5.74) is 6.89. The Hall–Kier alpha value is -4.38. The van der Waals surface area contributed by atoms with Crippen molar-refractivity contribution in [3.05, 3.63) is 126 Å². The van der Waals surface area contributed by atoms with Crippen LogP contribution in [0.15, 0.2) is 110 Å². The van der Waals surface area contributed by atoms with Crippen molar-refractivity contribution in [2.24, 2.45) is 0 Å². The van der Waals surface area contributed by atoms with Gasteiger partial charge in [0.1, 0.15) is 5.69 Å². The van der Waals surface area contributed by atoms with E-state index < -0.39 is 0 Å². The molecule has 0 atom stereocenters. The lowest BCUT2D eigenvalue weighted by Crippen LogP contribution is -2.05. The Kier molecular flexibility index (Phi) is 6.85. The molecule has 5 nitrogen and oxygen atoms in total. The van der Waals surface area contributed by atoms with Crippen molar-refractivity contribution in [2.45, 2.75) is 25.8 Å². The van der Waals surface area contributed by atoms with E-state index >= 15 is 0 Å². The first kappa shape index (κ1) is 22.4. The number of Topliss-reactive ketones (excluding diaryl/α,β-unsaturated/α-hetero) is 1. The number of aromatic nitrogens is 4.